The Morgan fingerprint density at radius 2 is 1.95 bits per heavy atom. The molecule has 0 aromatic heterocycles. The lowest BCUT2D eigenvalue weighted by molar-refractivity contribution is -0.137. The highest BCUT2D eigenvalue weighted by atomic mass is 19.1. The van der Waals surface area contributed by atoms with E-state index in [1.807, 2.05) is 0 Å². The molecule has 0 aliphatic rings. The number of hydrogen-bond donors (Lipinski definition) is 2. The maximum absolute atomic E-state index is 12.8. The van der Waals surface area contributed by atoms with Crippen LogP contribution in [-0.2, 0) is 9.59 Å². The van der Waals surface area contributed by atoms with E-state index in [-0.39, 0.29) is 12.3 Å². The molecule has 1 atom stereocenters. The molecular weight excluding hydrogens is 249 g/mol. The van der Waals surface area contributed by atoms with Crippen LogP contribution in [0.5, 0.6) is 0 Å². The van der Waals surface area contributed by atoms with Gasteiger partial charge in [-0.15, -0.1) is 0 Å². The minimum Gasteiger partial charge on any atom is -0.481 e. The van der Waals surface area contributed by atoms with Crippen molar-refractivity contribution in [3.8, 4) is 0 Å². The summed E-state index contributed by atoms with van der Waals surface area (Å²) in [5.74, 6) is -1.78. The minimum atomic E-state index is -1.03. The number of nitrogens with one attached hydrogen (secondary N) is 1. The molecule has 1 unspecified atom stereocenters. The van der Waals surface area contributed by atoms with Crippen LogP contribution in [0.4, 0.5) is 4.39 Å². The van der Waals surface area contributed by atoms with Crippen LogP contribution in [0.2, 0.25) is 0 Å². The maximum atomic E-state index is 12.8. The van der Waals surface area contributed by atoms with E-state index in [1.54, 1.807) is 19.9 Å². The molecule has 1 rings (SSSR count). The molecule has 102 valence electrons. The van der Waals surface area contributed by atoms with Gasteiger partial charge in [-0.05, 0) is 31.5 Å². The quantitative estimate of drug-likeness (QED) is 0.803. The highest BCUT2D eigenvalue weighted by molar-refractivity contribution is 5.93. The van der Waals surface area contributed by atoms with E-state index in [1.165, 1.54) is 24.3 Å². The number of carbonyl (C=O) groups excluding carboxylic acids is 1. The summed E-state index contributed by atoms with van der Waals surface area (Å²) in [5, 5.41) is 11.5. The molecule has 1 aromatic rings. The number of carbonyl (C=O) groups is 2. The SMILES string of the molecule is CC=C(C)C(=O)NC(CC(=O)O)c1ccc(F)cc1. The van der Waals surface area contributed by atoms with Gasteiger partial charge in [-0.2, -0.15) is 0 Å². The van der Waals surface area contributed by atoms with Gasteiger partial charge in [0.25, 0.3) is 0 Å². The molecule has 5 heteroatoms. The fourth-order valence-corrected chi connectivity index (χ4v) is 1.53. The van der Waals surface area contributed by atoms with E-state index in [0.717, 1.165) is 0 Å². The first-order valence-corrected chi connectivity index (χ1v) is 5.85. The predicted molar refractivity (Wildman–Crippen MR) is 69.0 cm³/mol. The minimum absolute atomic E-state index is 0.256. The lowest BCUT2D eigenvalue weighted by Gasteiger charge is -2.17. The summed E-state index contributed by atoms with van der Waals surface area (Å²) in [6.07, 6.45) is 1.38. The molecule has 0 spiro atoms. The Balaban J connectivity index is 2.92. The van der Waals surface area contributed by atoms with Crippen LogP contribution >= 0.6 is 0 Å². The van der Waals surface area contributed by atoms with Crippen molar-refractivity contribution in [2.24, 2.45) is 0 Å². The third kappa shape index (κ3) is 4.54. The Kier molecular flexibility index (Phi) is 5.23. The second-order valence-electron chi connectivity index (χ2n) is 4.15. The molecule has 4 nitrogen and oxygen atoms in total. The first-order valence-electron chi connectivity index (χ1n) is 5.85. The Bertz CT molecular complexity index is 494. The molecule has 2 N–H and O–H groups in total. The van der Waals surface area contributed by atoms with Crippen molar-refractivity contribution >= 4 is 11.9 Å². The van der Waals surface area contributed by atoms with Crippen molar-refractivity contribution in [1.82, 2.24) is 5.32 Å². The average Bonchev–Trinajstić information content (AvgIpc) is 2.37. The van der Waals surface area contributed by atoms with Crippen LogP contribution in [0.1, 0.15) is 31.9 Å². The van der Waals surface area contributed by atoms with Gasteiger partial charge in [0.2, 0.25) is 5.91 Å². The van der Waals surface area contributed by atoms with Gasteiger partial charge < -0.3 is 10.4 Å². The number of rotatable bonds is 5. The zero-order valence-corrected chi connectivity index (χ0v) is 10.8. The van der Waals surface area contributed by atoms with Crippen molar-refractivity contribution in [2.45, 2.75) is 26.3 Å². The fraction of sp³-hybridized carbons (Fsp3) is 0.286. The molecule has 0 saturated carbocycles. The molecular formula is C14H16FNO3. The third-order valence-corrected chi connectivity index (χ3v) is 2.75. The molecule has 0 bridgehead atoms. The van der Waals surface area contributed by atoms with Crippen molar-refractivity contribution in [2.75, 3.05) is 0 Å². The van der Waals surface area contributed by atoms with E-state index in [2.05, 4.69) is 5.32 Å². The molecule has 0 fully saturated rings. The van der Waals surface area contributed by atoms with Crippen molar-refractivity contribution in [3.63, 3.8) is 0 Å². The number of benzene rings is 1. The number of amides is 1. The van der Waals surface area contributed by atoms with Crippen LogP contribution in [0.3, 0.4) is 0 Å². The highest BCUT2D eigenvalue weighted by Crippen LogP contribution is 2.18. The lowest BCUT2D eigenvalue weighted by Crippen LogP contribution is -2.30. The second kappa shape index (κ2) is 6.68. The monoisotopic (exact) mass is 265 g/mol. The second-order valence-corrected chi connectivity index (χ2v) is 4.15. The van der Waals surface area contributed by atoms with Crippen LogP contribution < -0.4 is 5.32 Å². The summed E-state index contributed by atoms with van der Waals surface area (Å²) in [4.78, 5) is 22.6. The molecule has 0 aliphatic heterocycles. The van der Waals surface area contributed by atoms with E-state index >= 15 is 0 Å². The summed E-state index contributed by atoms with van der Waals surface area (Å²) in [7, 11) is 0. The summed E-state index contributed by atoms with van der Waals surface area (Å²) in [5.41, 5.74) is 1.05. The summed E-state index contributed by atoms with van der Waals surface area (Å²) in [6.45, 7) is 3.36. The van der Waals surface area contributed by atoms with Gasteiger partial charge in [0.05, 0.1) is 12.5 Å². The zero-order chi connectivity index (χ0) is 14.4. The van der Waals surface area contributed by atoms with Gasteiger partial charge in [-0.1, -0.05) is 18.2 Å². The normalized spacial score (nSPS) is 12.9. The van der Waals surface area contributed by atoms with Crippen molar-refractivity contribution < 1.29 is 19.1 Å². The summed E-state index contributed by atoms with van der Waals surface area (Å²) in [6, 6.07) is 4.72. The predicted octanol–water partition coefficient (Wildman–Crippen LogP) is 2.42. The van der Waals surface area contributed by atoms with Crippen LogP contribution in [-0.4, -0.2) is 17.0 Å². The highest BCUT2D eigenvalue weighted by Gasteiger charge is 2.18. The summed E-state index contributed by atoms with van der Waals surface area (Å²) >= 11 is 0. The van der Waals surface area contributed by atoms with Gasteiger partial charge in [0.1, 0.15) is 5.82 Å². The Labute approximate surface area is 110 Å². The number of carboxylic acid groups (broad SMARTS) is 1. The molecule has 0 heterocycles. The molecule has 0 radical (unpaired) electrons. The number of allylic oxidation sites excluding steroid dienone is 1. The molecule has 0 aliphatic carbocycles. The smallest absolute Gasteiger partial charge is 0.305 e. The van der Waals surface area contributed by atoms with Crippen LogP contribution in [0.15, 0.2) is 35.9 Å². The maximum Gasteiger partial charge on any atom is 0.305 e. The van der Waals surface area contributed by atoms with Gasteiger partial charge in [-0.25, -0.2) is 4.39 Å². The molecule has 19 heavy (non-hydrogen) atoms. The summed E-state index contributed by atoms with van der Waals surface area (Å²) < 4.78 is 12.8. The molecule has 1 amide bonds. The Morgan fingerprint density at radius 1 is 1.37 bits per heavy atom. The molecule has 0 saturated heterocycles. The first kappa shape index (κ1) is 14.9. The van der Waals surface area contributed by atoms with Gasteiger partial charge in [0.15, 0.2) is 0 Å². The van der Waals surface area contributed by atoms with Crippen molar-refractivity contribution in [3.05, 3.63) is 47.3 Å². The standard InChI is InChI=1S/C14H16FNO3/c1-3-9(2)14(19)16-12(8-13(17)18)10-4-6-11(15)7-5-10/h3-7,12H,8H2,1-2H3,(H,16,19)(H,17,18). The van der Waals surface area contributed by atoms with E-state index in [0.29, 0.717) is 11.1 Å². The Morgan fingerprint density at radius 3 is 2.42 bits per heavy atom. The topological polar surface area (TPSA) is 66.4 Å². The van der Waals surface area contributed by atoms with E-state index in [4.69, 9.17) is 5.11 Å². The number of halogens is 1. The van der Waals surface area contributed by atoms with E-state index < -0.39 is 17.8 Å². The van der Waals surface area contributed by atoms with Crippen molar-refractivity contribution in [1.29, 1.82) is 0 Å². The number of aliphatic carboxylic acids is 1. The zero-order valence-electron chi connectivity index (χ0n) is 10.8. The van der Waals surface area contributed by atoms with E-state index in [9.17, 15) is 14.0 Å². The van der Waals surface area contributed by atoms with Crippen LogP contribution in [0, 0.1) is 5.82 Å². The number of carboxylic acids is 1. The molecule has 1 aromatic carbocycles. The fourth-order valence-electron chi connectivity index (χ4n) is 1.53. The Hall–Kier alpha value is -2.17. The van der Waals surface area contributed by atoms with Gasteiger partial charge >= 0.3 is 5.97 Å². The number of hydrogen-bond acceptors (Lipinski definition) is 2. The lowest BCUT2D eigenvalue weighted by atomic mass is 10.0. The third-order valence-electron chi connectivity index (χ3n) is 2.75. The van der Waals surface area contributed by atoms with Gasteiger partial charge in [0, 0.05) is 5.57 Å². The first-order chi connectivity index (χ1) is 8.93. The van der Waals surface area contributed by atoms with Crippen LogP contribution in [0.25, 0.3) is 0 Å². The largest absolute Gasteiger partial charge is 0.481 e. The average molecular weight is 265 g/mol. The van der Waals surface area contributed by atoms with Gasteiger partial charge in [-0.3, -0.25) is 9.59 Å².